The lowest BCUT2D eigenvalue weighted by Crippen LogP contribution is -1.93. The minimum Gasteiger partial charge on any atom is -0.207 e. The third-order valence-corrected chi connectivity index (χ3v) is 1.75. The Kier molecular flexibility index (Phi) is 2.44. The van der Waals surface area contributed by atoms with E-state index in [1.54, 1.807) is 6.07 Å². The van der Waals surface area contributed by atoms with Gasteiger partial charge in [-0.1, -0.05) is 13.8 Å². The van der Waals surface area contributed by atoms with Gasteiger partial charge in [0.15, 0.2) is 0 Å². The van der Waals surface area contributed by atoms with Crippen molar-refractivity contribution >= 4 is 0 Å². The van der Waals surface area contributed by atoms with Crippen LogP contribution in [0.1, 0.15) is 30.9 Å². The van der Waals surface area contributed by atoms with Gasteiger partial charge in [-0.2, -0.15) is 5.26 Å². The van der Waals surface area contributed by atoms with E-state index in [1.165, 1.54) is 12.1 Å². The Hall–Kier alpha value is -1.36. The van der Waals surface area contributed by atoms with Crippen LogP contribution in [0.2, 0.25) is 0 Å². The van der Waals surface area contributed by atoms with Gasteiger partial charge >= 0.3 is 0 Å². The van der Waals surface area contributed by atoms with Gasteiger partial charge in [0.25, 0.3) is 0 Å². The zero-order chi connectivity index (χ0) is 9.14. The topological polar surface area (TPSA) is 23.8 Å². The lowest BCUT2D eigenvalue weighted by Gasteiger charge is -2.06. The zero-order valence-electron chi connectivity index (χ0n) is 7.13. The van der Waals surface area contributed by atoms with E-state index in [4.69, 9.17) is 5.26 Å². The molecule has 0 amide bonds. The van der Waals surface area contributed by atoms with Crippen molar-refractivity contribution in [1.29, 1.82) is 5.26 Å². The van der Waals surface area contributed by atoms with E-state index >= 15 is 0 Å². The molecule has 0 saturated carbocycles. The monoisotopic (exact) mass is 163 g/mol. The molecule has 0 heterocycles. The number of hydrogen-bond acceptors (Lipinski definition) is 1. The van der Waals surface area contributed by atoms with Crippen molar-refractivity contribution in [3.8, 4) is 6.07 Å². The SMILES string of the molecule is CC(C)c1cc(C#N)ccc1F. The smallest absolute Gasteiger partial charge is 0.126 e. The maximum Gasteiger partial charge on any atom is 0.126 e. The van der Waals surface area contributed by atoms with Gasteiger partial charge in [-0.05, 0) is 29.7 Å². The molecule has 1 rings (SSSR count). The fourth-order valence-electron chi connectivity index (χ4n) is 1.06. The minimum absolute atomic E-state index is 0.123. The molecule has 0 bridgehead atoms. The second-order valence-electron chi connectivity index (χ2n) is 3.00. The molecule has 0 aliphatic carbocycles. The van der Waals surface area contributed by atoms with E-state index in [0.29, 0.717) is 11.1 Å². The molecule has 0 unspecified atom stereocenters. The van der Waals surface area contributed by atoms with Crippen LogP contribution < -0.4 is 0 Å². The van der Waals surface area contributed by atoms with Gasteiger partial charge in [-0.15, -0.1) is 0 Å². The van der Waals surface area contributed by atoms with Crippen molar-refractivity contribution in [2.24, 2.45) is 0 Å². The van der Waals surface area contributed by atoms with Crippen LogP contribution in [0.15, 0.2) is 18.2 Å². The number of nitrogens with zero attached hydrogens (tertiary/aromatic N) is 1. The maximum absolute atomic E-state index is 13.0. The van der Waals surface area contributed by atoms with Crippen molar-refractivity contribution in [2.75, 3.05) is 0 Å². The molecule has 0 atom stereocenters. The van der Waals surface area contributed by atoms with Crippen LogP contribution in [0.25, 0.3) is 0 Å². The van der Waals surface area contributed by atoms with Gasteiger partial charge in [-0.3, -0.25) is 0 Å². The molecule has 0 fully saturated rings. The molecule has 0 aliphatic heterocycles. The predicted molar refractivity (Wildman–Crippen MR) is 45.2 cm³/mol. The molecule has 0 saturated heterocycles. The molecule has 0 radical (unpaired) electrons. The summed E-state index contributed by atoms with van der Waals surface area (Å²) < 4.78 is 13.0. The van der Waals surface area contributed by atoms with Crippen molar-refractivity contribution < 1.29 is 4.39 Å². The summed E-state index contributed by atoms with van der Waals surface area (Å²) in [5, 5.41) is 8.56. The first-order valence-corrected chi connectivity index (χ1v) is 3.84. The van der Waals surface area contributed by atoms with Crippen LogP contribution in [-0.2, 0) is 0 Å². The molecule has 1 aromatic rings. The number of benzene rings is 1. The molecule has 1 nitrogen and oxygen atoms in total. The van der Waals surface area contributed by atoms with Crippen LogP contribution >= 0.6 is 0 Å². The normalized spacial score (nSPS) is 9.92. The van der Waals surface area contributed by atoms with Crippen molar-refractivity contribution in [2.45, 2.75) is 19.8 Å². The maximum atomic E-state index is 13.0. The van der Waals surface area contributed by atoms with Gasteiger partial charge in [0.05, 0.1) is 11.6 Å². The summed E-state index contributed by atoms with van der Waals surface area (Å²) in [6.45, 7) is 3.80. The Morgan fingerprint density at radius 1 is 1.42 bits per heavy atom. The van der Waals surface area contributed by atoms with Crippen LogP contribution in [0.3, 0.4) is 0 Å². The van der Waals surface area contributed by atoms with Gasteiger partial charge in [0.1, 0.15) is 5.82 Å². The van der Waals surface area contributed by atoms with Crippen LogP contribution in [-0.4, -0.2) is 0 Å². The molecule has 0 spiro atoms. The van der Waals surface area contributed by atoms with E-state index in [9.17, 15) is 4.39 Å². The highest BCUT2D eigenvalue weighted by Crippen LogP contribution is 2.19. The highest BCUT2D eigenvalue weighted by atomic mass is 19.1. The first-order chi connectivity index (χ1) is 5.65. The standard InChI is InChI=1S/C10H10FN/c1-7(2)9-5-8(6-12)3-4-10(9)11/h3-5,7H,1-2H3. The highest BCUT2D eigenvalue weighted by Gasteiger charge is 2.06. The lowest BCUT2D eigenvalue weighted by atomic mass is 10.0. The molecular weight excluding hydrogens is 153 g/mol. The Labute approximate surface area is 71.4 Å². The molecule has 2 heteroatoms. The average Bonchev–Trinajstić information content (AvgIpc) is 2.05. The molecule has 0 aliphatic rings. The number of nitriles is 1. The summed E-state index contributed by atoms with van der Waals surface area (Å²) >= 11 is 0. The van der Waals surface area contributed by atoms with Crippen molar-refractivity contribution in [1.82, 2.24) is 0 Å². The van der Waals surface area contributed by atoms with Crippen LogP contribution in [0, 0.1) is 17.1 Å². The number of halogens is 1. The highest BCUT2D eigenvalue weighted by molar-refractivity contribution is 5.34. The fraction of sp³-hybridized carbons (Fsp3) is 0.300. The van der Waals surface area contributed by atoms with Crippen molar-refractivity contribution in [3.05, 3.63) is 35.1 Å². The minimum atomic E-state index is -0.232. The summed E-state index contributed by atoms with van der Waals surface area (Å²) in [5.74, 6) is -0.109. The first kappa shape index (κ1) is 8.73. The number of rotatable bonds is 1. The quantitative estimate of drug-likeness (QED) is 0.624. The molecule has 0 N–H and O–H groups in total. The Morgan fingerprint density at radius 3 is 2.58 bits per heavy atom. The molecule has 0 aromatic heterocycles. The molecular formula is C10H10FN. The van der Waals surface area contributed by atoms with Crippen molar-refractivity contribution in [3.63, 3.8) is 0 Å². The summed E-state index contributed by atoms with van der Waals surface area (Å²) in [5.41, 5.74) is 1.12. The summed E-state index contributed by atoms with van der Waals surface area (Å²) in [6.07, 6.45) is 0. The van der Waals surface area contributed by atoms with E-state index in [0.717, 1.165) is 0 Å². The van der Waals surface area contributed by atoms with Gasteiger partial charge < -0.3 is 0 Å². The largest absolute Gasteiger partial charge is 0.207 e. The molecule has 12 heavy (non-hydrogen) atoms. The first-order valence-electron chi connectivity index (χ1n) is 3.84. The van der Waals surface area contributed by atoms with Gasteiger partial charge in [-0.25, -0.2) is 4.39 Å². The second-order valence-corrected chi connectivity index (χ2v) is 3.00. The summed E-state index contributed by atoms with van der Waals surface area (Å²) in [7, 11) is 0. The van der Waals surface area contributed by atoms with Gasteiger partial charge in [0, 0.05) is 0 Å². The predicted octanol–water partition coefficient (Wildman–Crippen LogP) is 2.82. The average molecular weight is 163 g/mol. The lowest BCUT2D eigenvalue weighted by molar-refractivity contribution is 0.598. The van der Waals surface area contributed by atoms with E-state index in [2.05, 4.69) is 0 Å². The third-order valence-electron chi connectivity index (χ3n) is 1.75. The zero-order valence-corrected chi connectivity index (χ0v) is 7.13. The second kappa shape index (κ2) is 3.36. The Balaban J connectivity index is 3.19. The summed E-state index contributed by atoms with van der Waals surface area (Å²) in [4.78, 5) is 0. The summed E-state index contributed by atoms with van der Waals surface area (Å²) in [6, 6.07) is 6.41. The fourth-order valence-corrected chi connectivity index (χ4v) is 1.06. The Morgan fingerprint density at radius 2 is 2.08 bits per heavy atom. The molecule has 1 aromatic carbocycles. The van der Waals surface area contributed by atoms with Crippen LogP contribution in [0.4, 0.5) is 4.39 Å². The van der Waals surface area contributed by atoms with Crippen LogP contribution in [0.5, 0.6) is 0 Å². The van der Waals surface area contributed by atoms with E-state index in [-0.39, 0.29) is 11.7 Å². The van der Waals surface area contributed by atoms with Gasteiger partial charge in [0.2, 0.25) is 0 Å². The van der Waals surface area contributed by atoms with E-state index < -0.39 is 0 Å². The van der Waals surface area contributed by atoms with E-state index in [1.807, 2.05) is 19.9 Å². The third kappa shape index (κ3) is 1.62. The number of hydrogen-bond donors (Lipinski definition) is 0. The Bertz CT molecular complexity index is 323. The molecule has 62 valence electrons.